The molecule has 0 fully saturated rings. The van der Waals surface area contributed by atoms with Gasteiger partial charge in [0, 0.05) is 68.8 Å². The second-order valence-corrected chi connectivity index (χ2v) is 15.1. The Hall–Kier alpha value is -6.82. The lowest BCUT2D eigenvalue weighted by atomic mass is 9.98. The van der Waals surface area contributed by atoms with E-state index < -0.39 is 0 Å². The molecule has 4 nitrogen and oxygen atoms in total. The number of para-hydroxylation sites is 1. The van der Waals surface area contributed by atoms with E-state index in [4.69, 9.17) is 14.4 Å². The number of rotatable bonds is 2. The van der Waals surface area contributed by atoms with Crippen LogP contribution in [0.5, 0.6) is 0 Å². The molecule has 0 unspecified atom stereocenters. The molecule has 0 bridgehead atoms. The van der Waals surface area contributed by atoms with Crippen molar-refractivity contribution in [1.29, 1.82) is 0 Å². The highest BCUT2D eigenvalue weighted by molar-refractivity contribution is 7.26. The van der Waals surface area contributed by atoms with E-state index in [0.717, 1.165) is 71.3 Å². The summed E-state index contributed by atoms with van der Waals surface area (Å²) in [5, 5.41) is 15.1. The number of nitrogens with zero attached hydrogens (tertiary/aromatic N) is 3. The average molecular weight is 692 g/mol. The molecule has 0 atom stereocenters. The molecule has 0 saturated carbocycles. The number of benzene rings is 9. The van der Waals surface area contributed by atoms with Crippen LogP contribution in [-0.4, -0.2) is 14.5 Å². The monoisotopic (exact) mass is 691 g/mol. The maximum absolute atomic E-state index is 6.65. The Kier molecular flexibility index (Phi) is 5.22. The van der Waals surface area contributed by atoms with Gasteiger partial charge in [-0.15, -0.1) is 11.3 Å². The molecule has 0 spiro atoms. The van der Waals surface area contributed by atoms with Crippen molar-refractivity contribution in [3.63, 3.8) is 0 Å². The molecule has 0 aliphatic carbocycles. The van der Waals surface area contributed by atoms with E-state index in [1.165, 1.54) is 47.1 Å². The molecule has 0 saturated heterocycles. The van der Waals surface area contributed by atoms with E-state index in [9.17, 15) is 0 Å². The van der Waals surface area contributed by atoms with Crippen molar-refractivity contribution < 1.29 is 4.42 Å². The number of aromatic nitrogens is 3. The molecule has 5 heteroatoms. The van der Waals surface area contributed by atoms with Gasteiger partial charge < -0.3 is 4.42 Å². The quantitative estimate of drug-likeness (QED) is 0.170. The fourth-order valence-corrected chi connectivity index (χ4v) is 10.2. The summed E-state index contributed by atoms with van der Waals surface area (Å²) in [6, 6.07) is 54.4. The number of thiophene rings is 1. The molecular formula is C48H25N3OS. The fraction of sp³-hybridized carbons (Fsp3) is 0. The maximum atomic E-state index is 6.65. The summed E-state index contributed by atoms with van der Waals surface area (Å²) in [5.41, 5.74) is 6.93. The van der Waals surface area contributed by atoms with Crippen molar-refractivity contribution in [2.75, 3.05) is 0 Å². The minimum atomic E-state index is 0.654. The minimum absolute atomic E-state index is 0.654. The van der Waals surface area contributed by atoms with E-state index >= 15 is 0 Å². The van der Waals surface area contributed by atoms with Gasteiger partial charge >= 0.3 is 0 Å². The Bertz CT molecular complexity index is 3550. The van der Waals surface area contributed by atoms with Crippen molar-refractivity contribution >= 4 is 118 Å². The molecule has 244 valence electrons. The van der Waals surface area contributed by atoms with Crippen LogP contribution < -0.4 is 0 Å². The van der Waals surface area contributed by atoms with Crippen LogP contribution >= 0.6 is 11.3 Å². The Morgan fingerprint density at radius 1 is 0.472 bits per heavy atom. The smallest absolute Gasteiger partial charge is 0.235 e. The summed E-state index contributed by atoms with van der Waals surface area (Å²) >= 11 is 1.87. The standard InChI is InChI=1S/C48H25N3OS/c1-3-13-28-26(10-1)12-9-17-32(28)45-35-21-20-27-11-2-4-14-29(27)44(35)49-48(50-45)51-38-24-36-30-15-5-7-18-40(30)52-46(36)33-22-23-34-43(42(33)38)39(51)25-37-31-16-6-8-19-41(31)53-47(34)37/h1-25H. The zero-order valence-corrected chi connectivity index (χ0v) is 28.9. The van der Waals surface area contributed by atoms with Gasteiger partial charge in [0.25, 0.3) is 0 Å². The third kappa shape index (κ3) is 3.59. The average Bonchev–Trinajstić information content (AvgIpc) is 3.89. The number of hydrogen-bond acceptors (Lipinski definition) is 4. The van der Waals surface area contributed by atoms with Crippen molar-refractivity contribution in [3.8, 4) is 17.2 Å². The summed E-state index contributed by atoms with van der Waals surface area (Å²) in [7, 11) is 0. The molecule has 9 aromatic carbocycles. The second kappa shape index (κ2) is 9.94. The predicted octanol–water partition coefficient (Wildman–Crippen LogP) is 13.6. The maximum Gasteiger partial charge on any atom is 0.235 e. The van der Waals surface area contributed by atoms with Crippen molar-refractivity contribution in [3.05, 3.63) is 152 Å². The Balaban J connectivity index is 1.27. The van der Waals surface area contributed by atoms with Crippen molar-refractivity contribution in [2.24, 2.45) is 0 Å². The van der Waals surface area contributed by atoms with Gasteiger partial charge in [0.1, 0.15) is 11.2 Å². The lowest BCUT2D eigenvalue weighted by molar-refractivity contribution is 0.673. The first-order valence-electron chi connectivity index (χ1n) is 17.9. The second-order valence-electron chi connectivity index (χ2n) is 14.1. The molecule has 4 heterocycles. The zero-order chi connectivity index (χ0) is 34.4. The SMILES string of the molecule is c1ccc2c(-c3nc(-n4c5cc6c7ccccc7oc6c6ccc7c8sc9ccccc9c8cc4c7c65)nc4c3ccc3ccccc34)cccc2c1. The molecule has 0 amide bonds. The molecular weight excluding hydrogens is 667 g/mol. The van der Waals surface area contributed by atoms with Crippen molar-refractivity contribution in [2.45, 2.75) is 0 Å². The van der Waals surface area contributed by atoms with Crippen LogP contribution in [0.3, 0.4) is 0 Å². The highest BCUT2D eigenvalue weighted by Crippen LogP contribution is 2.49. The lowest BCUT2D eigenvalue weighted by Crippen LogP contribution is -2.04. The molecule has 0 aliphatic rings. The van der Waals surface area contributed by atoms with Crippen LogP contribution in [0.15, 0.2) is 156 Å². The highest BCUT2D eigenvalue weighted by atomic mass is 32.1. The van der Waals surface area contributed by atoms with Gasteiger partial charge in [-0.05, 0) is 52.6 Å². The molecule has 13 rings (SSSR count). The van der Waals surface area contributed by atoms with Gasteiger partial charge in [-0.3, -0.25) is 4.57 Å². The largest absolute Gasteiger partial charge is 0.455 e. The van der Waals surface area contributed by atoms with Crippen LogP contribution in [0.25, 0.3) is 124 Å². The summed E-state index contributed by atoms with van der Waals surface area (Å²) < 4.78 is 11.6. The lowest BCUT2D eigenvalue weighted by Gasteiger charge is -2.14. The first-order chi connectivity index (χ1) is 26.3. The minimum Gasteiger partial charge on any atom is -0.455 e. The Morgan fingerprint density at radius 2 is 1.13 bits per heavy atom. The van der Waals surface area contributed by atoms with Gasteiger partial charge in [0.05, 0.1) is 22.2 Å². The third-order valence-electron chi connectivity index (χ3n) is 11.3. The Labute approximate surface area is 305 Å². The van der Waals surface area contributed by atoms with E-state index in [2.05, 4.69) is 150 Å². The van der Waals surface area contributed by atoms with Crippen LogP contribution in [0.1, 0.15) is 0 Å². The molecule has 4 aromatic heterocycles. The molecule has 13 aromatic rings. The Morgan fingerprint density at radius 3 is 2.02 bits per heavy atom. The van der Waals surface area contributed by atoms with Gasteiger partial charge in [0.2, 0.25) is 5.95 Å². The third-order valence-corrected chi connectivity index (χ3v) is 12.6. The topological polar surface area (TPSA) is 43.9 Å². The van der Waals surface area contributed by atoms with Gasteiger partial charge in [-0.1, -0.05) is 115 Å². The number of hydrogen-bond donors (Lipinski definition) is 0. The van der Waals surface area contributed by atoms with E-state index in [1.807, 2.05) is 17.4 Å². The van der Waals surface area contributed by atoms with Crippen molar-refractivity contribution in [1.82, 2.24) is 14.5 Å². The highest BCUT2D eigenvalue weighted by Gasteiger charge is 2.26. The summed E-state index contributed by atoms with van der Waals surface area (Å²) in [5.74, 6) is 0.654. The van der Waals surface area contributed by atoms with Crippen LogP contribution in [0.2, 0.25) is 0 Å². The predicted molar refractivity (Wildman–Crippen MR) is 223 cm³/mol. The van der Waals surface area contributed by atoms with Crippen LogP contribution in [0.4, 0.5) is 0 Å². The summed E-state index contributed by atoms with van der Waals surface area (Å²) in [6.45, 7) is 0. The number of furan rings is 1. The van der Waals surface area contributed by atoms with E-state index in [0.29, 0.717) is 5.95 Å². The van der Waals surface area contributed by atoms with Gasteiger partial charge in [-0.2, -0.15) is 0 Å². The van der Waals surface area contributed by atoms with Crippen LogP contribution in [-0.2, 0) is 0 Å². The molecule has 0 N–H and O–H groups in total. The first kappa shape index (κ1) is 27.8. The fourth-order valence-electron chi connectivity index (χ4n) is 9.04. The summed E-state index contributed by atoms with van der Waals surface area (Å²) in [6.07, 6.45) is 0. The van der Waals surface area contributed by atoms with E-state index in [-0.39, 0.29) is 0 Å². The molecule has 0 aliphatic heterocycles. The normalized spacial score (nSPS) is 12.5. The molecule has 53 heavy (non-hydrogen) atoms. The zero-order valence-electron chi connectivity index (χ0n) is 28.1. The number of fused-ring (bicyclic) bond motifs is 12. The van der Waals surface area contributed by atoms with Gasteiger partial charge in [0.15, 0.2) is 0 Å². The van der Waals surface area contributed by atoms with Crippen LogP contribution in [0, 0.1) is 0 Å². The summed E-state index contributed by atoms with van der Waals surface area (Å²) in [4.78, 5) is 11.2. The first-order valence-corrected chi connectivity index (χ1v) is 18.7. The molecule has 0 radical (unpaired) electrons. The van der Waals surface area contributed by atoms with E-state index in [1.54, 1.807) is 0 Å². The van der Waals surface area contributed by atoms with Gasteiger partial charge in [-0.25, -0.2) is 9.97 Å².